The first-order valence-electron chi connectivity index (χ1n) is 11.1. The predicted molar refractivity (Wildman–Crippen MR) is 135 cm³/mol. The number of aryl methyl sites for hydroxylation is 1. The number of carbonyl (C=O) groups is 2. The van der Waals surface area contributed by atoms with E-state index < -0.39 is 5.91 Å². The molecule has 0 radical (unpaired) electrons. The summed E-state index contributed by atoms with van der Waals surface area (Å²) in [5.41, 5.74) is 8.91. The predicted octanol–water partition coefficient (Wildman–Crippen LogP) is 4.69. The van der Waals surface area contributed by atoms with E-state index in [4.69, 9.17) is 4.42 Å². The number of hydrogen-bond donors (Lipinski definition) is 2. The molecule has 2 heterocycles. The van der Waals surface area contributed by atoms with Gasteiger partial charge in [-0.2, -0.15) is 0 Å². The molecule has 9 heteroatoms. The van der Waals surface area contributed by atoms with Crippen LogP contribution in [0.4, 0.5) is 0 Å². The van der Waals surface area contributed by atoms with E-state index >= 15 is 0 Å². The first-order chi connectivity index (χ1) is 16.7. The van der Waals surface area contributed by atoms with Gasteiger partial charge in [-0.1, -0.05) is 75.0 Å². The molecule has 2 N–H and O–H groups in total. The largest absolute Gasteiger partial charge is 0.459 e. The minimum atomic E-state index is -0.530. The lowest BCUT2D eigenvalue weighted by molar-refractivity contribution is -0.119. The number of hydrazine groups is 1. The van der Waals surface area contributed by atoms with Crippen molar-refractivity contribution in [2.24, 2.45) is 0 Å². The Kier molecular flexibility index (Phi) is 7.07. The molecule has 0 aliphatic rings. The highest BCUT2D eigenvalue weighted by Gasteiger charge is 2.20. The van der Waals surface area contributed by atoms with Crippen molar-refractivity contribution in [2.45, 2.75) is 38.3 Å². The minimum Gasteiger partial charge on any atom is -0.459 e. The van der Waals surface area contributed by atoms with Gasteiger partial charge in [-0.15, -0.1) is 10.2 Å². The molecule has 35 heavy (non-hydrogen) atoms. The lowest BCUT2D eigenvalue weighted by Gasteiger charge is -2.19. The molecule has 0 unspecified atom stereocenters. The van der Waals surface area contributed by atoms with Gasteiger partial charge in [-0.25, -0.2) is 0 Å². The number of amides is 2. The van der Waals surface area contributed by atoms with Gasteiger partial charge in [0.25, 0.3) is 0 Å². The van der Waals surface area contributed by atoms with Gasteiger partial charge >= 0.3 is 5.91 Å². The van der Waals surface area contributed by atoms with Crippen LogP contribution in [0.2, 0.25) is 0 Å². The average Bonchev–Trinajstić information content (AvgIpc) is 3.52. The second-order valence-electron chi connectivity index (χ2n) is 9.02. The Morgan fingerprint density at radius 3 is 2.37 bits per heavy atom. The van der Waals surface area contributed by atoms with Crippen LogP contribution < -0.4 is 10.9 Å². The number of nitrogens with zero attached hydrogens (tertiary/aromatic N) is 3. The number of thioether (sulfide) groups is 1. The quantitative estimate of drug-likeness (QED) is 0.301. The van der Waals surface area contributed by atoms with Crippen molar-refractivity contribution in [3.05, 3.63) is 83.8 Å². The number of furan rings is 1. The van der Waals surface area contributed by atoms with Crippen LogP contribution in [0.5, 0.6) is 0 Å². The summed E-state index contributed by atoms with van der Waals surface area (Å²) in [5, 5.41) is 9.41. The smallest absolute Gasteiger partial charge is 0.305 e. The van der Waals surface area contributed by atoms with Gasteiger partial charge in [-0.3, -0.25) is 25.0 Å². The van der Waals surface area contributed by atoms with E-state index in [0.29, 0.717) is 11.0 Å². The second-order valence-corrected chi connectivity index (χ2v) is 9.97. The number of nitrogens with one attached hydrogen (secondary N) is 2. The molecule has 0 saturated carbocycles. The number of para-hydroxylation sites is 1. The van der Waals surface area contributed by atoms with Crippen LogP contribution in [0.15, 0.2) is 76.5 Å². The number of rotatable bonds is 6. The summed E-state index contributed by atoms with van der Waals surface area (Å²) in [6.07, 6.45) is 1.39. The molecule has 2 aromatic heterocycles. The zero-order valence-corrected chi connectivity index (χ0v) is 20.8. The SMILES string of the molecule is Cc1ccccc1-n1c(SCC(=O)NNC(=O)c2ccco2)nnc1-c1ccc(C(C)(C)C)cc1. The molecular weight excluding hydrogens is 462 g/mol. The number of hydrogen-bond acceptors (Lipinski definition) is 6. The highest BCUT2D eigenvalue weighted by Crippen LogP contribution is 2.31. The van der Waals surface area contributed by atoms with Crippen LogP contribution in [-0.2, 0) is 10.2 Å². The summed E-state index contributed by atoms with van der Waals surface area (Å²) < 4.78 is 6.97. The molecule has 8 nitrogen and oxygen atoms in total. The van der Waals surface area contributed by atoms with Crippen LogP contribution >= 0.6 is 11.8 Å². The summed E-state index contributed by atoms with van der Waals surface area (Å²) in [7, 11) is 0. The molecule has 180 valence electrons. The van der Waals surface area contributed by atoms with Crippen molar-refractivity contribution in [3.8, 4) is 17.1 Å². The minimum absolute atomic E-state index is 0.0331. The highest BCUT2D eigenvalue weighted by atomic mass is 32.2. The topological polar surface area (TPSA) is 102 Å². The molecule has 2 aromatic carbocycles. The Morgan fingerprint density at radius 1 is 0.971 bits per heavy atom. The molecule has 0 spiro atoms. The van der Waals surface area contributed by atoms with E-state index in [1.165, 1.54) is 29.7 Å². The van der Waals surface area contributed by atoms with Crippen molar-refractivity contribution >= 4 is 23.6 Å². The molecule has 0 aliphatic carbocycles. The maximum Gasteiger partial charge on any atom is 0.305 e. The van der Waals surface area contributed by atoms with Crippen molar-refractivity contribution in [3.63, 3.8) is 0 Å². The van der Waals surface area contributed by atoms with E-state index in [1.54, 1.807) is 6.07 Å². The van der Waals surface area contributed by atoms with Gasteiger partial charge in [0, 0.05) is 5.56 Å². The Hall–Kier alpha value is -3.85. The van der Waals surface area contributed by atoms with Gasteiger partial charge in [0.1, 0.15) is 0 Å². The maximum atomic E-state index is 12.4. The average molecular weight is 490 g/mol. The first kappa shape index (κ1) is 24.3. The third kappa shape index (κ3) is 5.63. The zero-order chi connectivity index (χ0) is 25.0. The van der Waals surface area contributed by atoms with E-state index in [-0.39, 0.29) is 22.8 Å². The van der Waals surface area contributed by atoms with Crippen LogP contribution in [-0.4, -0.2) is 32.3 Å². The van der Waals surface area contributed by atoms with Crippen molar-refractivity contribution in [2.75, 3.05) is 5.75 Å². The van der Waals surface area contributed by atoms with Gasteiger partial charge in [0.2, 0.25) is 5.91 Å². The molecular formula is C26H27N5O3S. The summed E-state index contributed by atoms with van der Waals surface area (Å²) in [5.74, 6) is -0.0818. The molecule has 2 amide bonds. The van der Waals surface area contributed by atoms with Crippen molar-refractivity contribution < 1.29 is 14.0 Å². The fourth-order valence-corrected chi connectivity index (χ4v) is 4.21. The number of benzene rings is 2. The van der Waals surface area contributed by atoms with Gasteiger partial charge in [-0.05, 0) is 41.7 Å². The van der Waals surface area contributed by atoms with Crippen LogP contribution in [0.25, 0.3) is 17.1 Å². The summed E-state index contributed by atoms with van der Waals surface area (Å²) in [6, 6.07) is 19.4. The zero-order valence-electron chi connectivity index (χ0n) is 20.0. The standard InChI is InChI=1S/C26H27N5O3S/c1-17-8-5-6-9-20(17)31-23(18-11-13-19(14-12-18)26(2,3)4)28-30-25(31)35-16-22(32)27-29-24(33)21-10-7-15-34-21/h5-15H,16H2,1-4H3,(H,27,32)(H,29,33). The van der Waals surface area contributed by atoms with E-state index in [9.17, 15) is 9.59 Å². The number of aromatic nitrogens is 3. The Balaban J connectivity index is 1.56. The Labute approximate surface area is 208 Å². The van der Waals surface area contributed by atoms with Crippen molar-refractivity contribution in [1.29, 1.82) is 0 Å². The molecule has 4 aromatic rings. The summed E-state index contributed by atoms with van der Waals surface area (Å²) >= 11 is 1.23. The van der Waals surface area contributed by atoms with Gasteiger partial charge < -0.3 is 4.42 Å². The van der Waals surface area contributed by atoms with E-state index in [1.807, 2.05) is 47.9 Å². The molecule has 0 saturated heterocycles. The fourth-order valence-electron chi connectivity index (χ4n) is 3.46. The van der Waals surface area contributed by atoms with E-state index in [2.05, 4.69) is 54.0 Å². The summed E-state index contributed by atoms with van der Waals surface area (Å²) in [4.78, 5) is 24.3. The van der Waals surface area contributed by atoms with Crippen LogP contribution in [0.1, 0.15) is 42.5 Å². The normalized spacial score (nSPS) is 11.3. The Morgan fingerprint density at radius 2 is 1.71 bits per heavy atom. The third-order valence-electron chi connectivity index (χ3n) is 5.39. The van der Waals surface area contributed by atoms with Gasteiger partial charge in [0.15, 0.2) is 16.7 Å². The second kappa shape index (κ2) is 10.2. The molecule has 4 rings (SSSR count). The summed E-state index contributed by atoms with van der Waals surface area (Å²) in [6.45, 7) is 8.55. The highest BCUT2D eigenvalue weighted by molar-refractivity contribution is 7.99. The van der Waals surface area contributed by atoms with Crippen LogP contribution in [0.3, 0.4) is 0 Å². The fraction of sp³-hybridized carbons (Fsp3) is 0.231. The molecule has 0 fully saturated rings. The van der Waals surface area contributed by atoms with Crippen molar-refractivity contribution in [1.82, 2.24) is 25.6 Å². The first-order valence-corrected chi connectivity index (χ1v) is 12.1. The maximum absolute atomic E-state index is 12.4. The molecule has 0 aliphatic heterocycles. The van der Waals surface area contributed by atoms with Crippen LogP contribution in [0, 0.1) is 6.92 Å². The number of carbonyl (C=O) groups excluding carboxylic acids is 2. The third-order valence-corrected chi connectivity index (χ3v) is 6.32. The van der Waals surface area contributed by atoms with E-state index in [0.717, 1.165) is 16.8 Å². The molecule has 0 atom stereocenters. The Bertz CT molecular complexity index is 1320. The molecule has 0 bridgehead atoms. The lowest BCUT2D eigenvalue weighted by atomic mass is 9.87. The lowest BCUT2D eigenvalue weighted by Crippen LogP contribution is -2.42. The monoisotopic (exact) mass is 489 g/mol. The van der Waals surface area contributed by atoms with Gasteiger partial charge in [0.05, 0.1) is 17.7 Å².